The second-order valence-corrected chi connectivity index (χ2v) is 11.9. The van der Waals surface area contributed by atoms with Crippen LogP contribution in [0.4, 0.5) is 0 Å². The molecule has 0 aliphatic rings. The molecule has 0 spiro atoms. The van der Waals surface area contributed by atoms with Gasteiger partial charge >= 0.3 is 0 Å². The van der Waals surface area contributed by atoms with E-state index in [-0.39, 0.29) is 23.3 Å². The first-order valence-electron chi connectivity index (χ1n) is 9.67. The summed E-state index contributed by atoms with van der Waals surface area (Å²) >= 11 is 10.2. The fraction of sp³-hybridized carbons (Fsp3) is 0.391. The van der Waals surface area contributed by atoms with Gasteiger partial charge < -0.3 is 9.84 Å². The van der Waals surface area contributed by atoms with Gasteiger partial charge in [-0.3, -0.25) is 4.79 Å². The highest BCUT2D eigenvalue weighted by molar-refractivity contribution is 9.11. The fourth-order valence-corrected chi connectivity index (χ4v) is 5.38. The maximum absolute atomic E-state index is 12.2. The van der Waals surface area contributed by atoms with Gasteiger partial charge in [-0.25, -0.2) is 5.43 Å². The summed E-state index contributed by atoms with van der Waals surface area (Å²) in [6.07, 6.45) is 1.58. The molecule has 2 aromatic rings. The van der Waals surface area contributed by atoms with Gasteiger partial charge in [-0.1, -0.05) is 57.5 Å². The van der Waals surface area contributed by atoms with Crippen LogP contribution in [0.5, 0.6) is 11.5 Å². The Balaban J connectivity index is 2.14. The van der Waals surface area contributed by atoms with Gasteiger partial charge in [0.2, 0.25) is 0 Å². The molecule has 0 bridgehead atoms. The summed E-state index contributed by atoms with van der Waals surface area (Å²) in [6.45, 7) is 12.1. The molecule has 0 aromatic heterocycles. The van der Waals surface area contributed by atoms with Gasteiger partial charge in [0.1, 0.15) is 11.5 Å². The van der Waals surface area contributed by atoms with Gasteiger partial charge in [-0.2, -0.15) is 5.10 Å². The molecule has 0 saturated carbocycles. The standard InChI is InChI=1S/C23H27Br3N2O3/c1-22(2,3)15-7-13(8-16(20(15)30)23(4,5)6)11-27-28-19(29)12-31-21-17(25)9-14(24)10-18(21)26/h7-11,30H,12H2,1-6H3,(H,28,29)/b27-11+. The van der Waals surface area contributed by atoms with Gasteiger partial charge in [0.15, 0.2) is 6.61 Å². The molecule has 0 aliphatic heterocycles. The molecule has 2 aromatic carbocycles. The maximum Gasteiger partial charge on any atom is 0.277 e. The van der Waals surface area contributed by atoms with E-state index in [1.807, 2.05) is 65.8 Å². The predicted octanol–water partition coefficient (Wildman–Crippen LogP) is 6.80. The van der Waals surface area contributed by atoms with E-state index in [1.54, 1.807) is 6.21 Å². The third-order valence-electron chi connectivity index (χ3n) is 4.46. The van der Waals surface area contributed by atoms with Crippen LogP contribution in [-0.2, 0) is 15.6 Å². The van der Waals surface area contributed by atoms with Crippen LogP contribution in [0.25, 0.3) is 0 Å². The molecular weight excluding hydrogens is 592 g/mol. The lowest BCUT2D eigenvalue weighted by molar-refractivity contribution is -0.123. The van der Waals surface area contributed by atoms with Crippen molar-refractivity contribution in [3.63, 3.8) is 0 Å². The first-order chi connectivity index (χ1) is 14.2. The van der Waals surface area contributed by atoms with Crippen molar-refractivity contribution >= 4 is 59.9 Å². The van der Waals surface area contributed by atoms with Crippen LogP contribution in [0.2, 0.25) is 0 Å². The first kappa shape index (κ1) is 25.9. The van der Waals surface area contributed by atoms with Crippen molar-refractivity contribution in [2.75, 3.05) is 6.61 Å². The van der Waals surface area contributed by atoms with E-state index in [4.69, 9.17) is 4.74 Å². The number of nitrogens with zero attached hydrogens (tertiary/aromatic N) is 1. The minimum Gasteiger partial charge on any atom is -0.507 e. The molecule has 2 rings (SSSR count). The SMILES string of the molecule is CC(C)(C)c1cc(/C=N/NC(=O)COc2c(Br)cc(Br)cc2Br)cc(C(C)(C)C)c1O. The number of hydrogen-bond donors (Lipinski definition) is 2. The molecule has 2 N–H and O–H groups in total. The Labute approximate surface area is 209 Å². The number of carbonyl (C=O) groups excluding carboxylic acids is 1. The van der Waals surface area contributed by atoms with Crippen molar-refractivity contribution < 1.29 is 14.6 Å². The second-order valence-electron chi connectivity index (χ2n) is 9.25. The molecule has 8 heteroatoms. The van der Waals surface area contributed by atoms with Crippen LogP contribution in [0.1, 0.15) is 58.2 Å². The average molecular weight is 619 g/mol. The maximum atomic E-state index is 12.2. The summed E-state index contributed by atoms with van der Waals surface area (Å²) in [6, 6.07) is 7.46. The number of phenolic OH excluding ortho intramolecular Hbond substituents is 1. The number of benzene rings is 2. The van der Waals surface area contributed by atoms with Gasteiger partial charge in [-0.15, -0.1) is 0 Å². The van der Waals surface area contributed by atoms with Crippen molar-refractivity contribution in [2.24, 2.45) is 5.10 Å². The Hall–Kier alpha value is -1.38. The van der Waals surface area contributed by atoms with Crippen molar-refractivity contribution in [1.82, 2.24) is 5.43 Å². The highest BCUT2D eigenvalue weighted by Gasteiger charge is 2.26. The van der Waals surface area contributed by atoms with E-state index in [0.717, 1.165) is 30.1 Å². The number of aromatic hydroxyl groups is 1. The molecule has 0 radical (unpaired) electrons. The number of amides is 1. The number of halogens is 3. The van der Waals surface area contributed by atoms with E-state index >= 15 is 0 Å². The highest BCUT2D eigenvalue weighted by Crippen LogP contribution is 2.39. The second kappa shape index (κ2) is 10.0. The molecular formula is C23H27Br3N2O3. The highest BCUT2D eigenvalue weighted by atomic mass is 79.9. The molecule has 31 heavy (non-hydrogen) atoms. The number of carbonyl (C=O) groups is 1. The van der Waals surface area contributed by atoms with E-state index < -0.39 is 0 Å². The lowest BCUT2D eigenvalue weighted by atomic mass is 9.78. The number of nitrogens with one attached hydrogen (secondary N) is 1. The first-order valence-corrected chi connectivity index (χ1v) is 12.0. The summed E-state index contributed by atoms with van der Waals surface area (Å²) in [5.74, 6) is 0.453. The normalized spacial score (nSPS) is 12.3. The Bertz CT molecular complexity index is 948. The van der Waals surface area contributed by atoms with Crippen LogP contribution in [0.3, 0.4) is 0 Å². The van der Waals surface area contributed by atoms with E-state index in [0.29, 0.717) is 11.5 Å². The van der Waals surface area contributed by atoms with E-state index in [2.05, 4.69) is 58.3 Å². The molecule has 0 heterocycles. The number of phenols is 1. The molecule has 0 saturated heterocycles. The molecule has 1 amide bonds. The van der Waals surface area contributed by atoms with E-state index in [1.165, 1.54) is 0 Å². The summed E-state index contributed by atoms with van der Waals surface area (Å²) in [5, 5.41) is 14.9. The molecule has 0 atom stereocenters. The monoisotopic (exact) mass is 616 g/mol. The van der Waals surface area contributed by atoms with Crippen molar-refractivity contribution in [2.45, 2.75) is 52.4 Å². The van der Waals surface area contributed by atoms with Crippen LogP contribution in [0, 0.1) is 0 Å². The molecule has 0 fully saturated rings. The van der Waals surface area contributed by atoms with Crippen molar-refractivity contribution in [1.29, 1.82) is 0 Å². The Morgan fingerprint density at radius 2 is 1.48 bits per heavy atom. The van der Waals surface area contributed by atoms with Gasteiger partial charge in [-0.05, 0) is 72.5 Å². The largest absolute Gasteiger partial charge is 0.507 e. The number of ether oxygens (including phenoxy) is 1. The zero-order chi connectivity index (χ0) is 23.6. The zero-order valence-corrected chi connectivity index (χ0v) is 23.2. The van der Waals surface area contributed by atoms with Crippen LogP contribution in [-0.4, -0.2) is 23.8 Å². The number of hydrogen-bond acceptors (Lipinski definition) is 4. The minimum absolute atomic E-state index is 0.188. The van der Waals surface area contributed by atoms with Crippen LogP contribution in [0.15, 0.2) is 42.8 Å². The zero-order valence-electron chi connectivity index (χ0n) is 18.4. The van der Waals surface area contributed by atoms with Crippen molar-refractivity contribution in [3.8, 4) is 11.5 Å². The Kier molecular flexibility index (Phi) is 8.39. The number of hydrazone groups is 1. The lowest BCUT2D eigenvalue weighted by Crippen LogP contribution is -2.25. The van der Waals surface area contributed by atoms with Crippen LogP contribution < -0.4 is 10.2 Å². The quantitative estimate of drug-likeness (QED) is 0.286. The molecule has 168 valence electrons. The summed E-state index contributed by atoms with van der Waals surface area (Å²) in [5.41, 5.74) is 4.47. The molecule has 0 unspecified atom stereocenters. The number of rotatable bonds is 5. The average Bonchev–Trinajstić information content (AvgIpc) is 2.60. The van der Waals surface area contributed by atoms with Gasteiger partial charge in [0.25, 0.3) is 5.91 Å². The Morgan fingerprint density at radius 3 is 1.94 bits per heavy atom. The van der Waals surface area contributed by atoms with E-state index in [9.17, 15) is 9.90 Å². The smallest absolute Gasteiger partial charge is 0.277 e. The third kappa shape index (κ3) is 7.05. The summed E-state index contributed by atoms with van der Waals surface area (Å²) < 4.78 is 7.92. The van der Waals surface area contributed by atoms with Gasteiger partial charge in [0, 0.05) is 15.6 Å². The molecule has 5 nitrogen and oxygen atoms in total. The summed E-state index contributed by atoms with van der Waals surface area (Å²) in [7, 11) is 0. The minimum atomic E-state index is -0.385. The van der Waals surface area contributed by atoms with Gasteiger partial charge in [0.05, 0.1) is 15.2 Å². The third-order valence-corrected chi connectivity index (χ3v) is 6.10. The topological polar surface area (TPSA) is 70.9 Å². The fourth-order valence-electron chi connectivity index (χ4n) is 2.89. The predicted molar refractivity (Wildman–Crippen MR) is 136 cm³/mol. The van der Waals surface area contributed by atoms with Crippen LogP contribution >= 0.6 is 47.8 Å². The van der Waals surface area contributed by atoms with Crippen molar-refractivity contribution in [3.05, 3.63) is 54.4 Å². The molecule has 0 aliphatic carbocycles. The Morgan fingerprint density at radius 1 is 1.00 bits per heavy atom. The lowest BCUT2D eigenvalue weighted by Gasteiger charge is -2.27. The summed E-state index contributed by atoms with van der Waals surface area (Å²) in [4.78, 5) is 12.2.